The predicted octanol–water partition coefficient (Wildman–Crippen LogP) is 2.31. The minimum atomic E-state index is -1.01. The molecule has 1 N–H and O–H groups in total. The SMILES string of the molecule is CC1(C(=O)O)CCCN1C(=O)N1CCCC2CCCC21. The highest BCUT2D eigenvalue weighted by Crippen LogP contribution is 2.39. The third-order valence-electron chi connectivity index (χ3n) is 5.57. The van der Waals surface area contributed by atoms with Gasteiger partial charge in [-0.3, -0.25) is 0 Å². The van der Waals surface area contributed by atoms with E-state index < -0.39 is 11.5 Å². The van der Waals surface area contributed by atoms with Gasteiger partial charge in [-0.05, 0) is 51.4 Å². The Balaban J connectivity index is 1.79. The van der Waals surface area contributed by atoms with Crippen LogP contribution in [0.15, 0.2) is 0 Å². The molecule has 5 heteroatoms. The van der Waals surface area contributed by atoms with Gasteiger partial charge in [0, 0.05) is 19.1 Å². The molecule has 2 amide bonds. The van der Waals surface area contributed by atoms with E-state index in [0.717, 1.165) is 25.8 Å². The maximum atomic E-state index is 12.9. The van der Waals surface area contributed by atoms with Gasteiger partial charge in [0.25, 0.3) is 0 Å². The molecule has 2 aliphatic heterocycles. The van der Waals surface area contributed by atoms with Crippen LogP contribution in [-0.4, -0.2) is 51.6 Å². The lowest BCUT2D eigenvalue weighted by Gasteiger charge is -2.42. The van der Waals surface area contributed by atoms with Crippen molar-refractivity contribution in [3.63, 3.8) is 0 Å². The van der Waals surface area contributed by atoms with Crippen molar-refractivity contribution in [2.75, 3.05) is 13.1 Å². The highest BCUT2D eigenvalue weighted by atomic mass is 16.4. The number of carboxylic acid groups (broad SMARTS) is 1. The quantitative estimate of drug-likeness (QED) is 0.801. The number of carbonyl (C=O) groups excluding carboxylic acids is 1. The topological polar surface area (TPSA) is 60.9 Å². The maximum Gasteiger partial charge on any atom is 0.329 e. The third-order valence-corrected chi connectivity index (χ3v) is 5.57. The van der Waals surface area contributed by atoms with Gasteiger partial charge in [-0.1, -0.05) is 6.42 Å². The van der Waals surface area contributed by atoms with Crippen LogP contribution in [0.25, 0.3) is 0 Å². The van der Waals surface area contributed by atoms with E-state index in [0.29, 0.717) is 24.9 Å². The van der Waals surface area contributed by atoms with Gasteiger partial charge in [0.1, 0.15) is 5.54 Å². The minimum Gasteiger partial charge on any atom is -0.480 e. The zero-order valence-electron chi connectivity index (χ0n) is 12.2. The number of likely N-dealkylation sites (tertiary alicyclic amines) is 2. The number of amides is 2. The number of carboxylic acids is 1. The van der Waals surface area contributed by atoms with Crippen molar-refractivity contribution < 1.29 is 14.7 Å². The summed E-state index contributed by atoms with van der Waals surface area (Å²) in [6.07, 6.45) is 7.16. The van der Waals surface area contributed by atoms with Crippen molar-refractivity contribution in [2.24, 2.45) is 5.92 Å². The molecule has 20 heavy (non-hydrogen) atoms. The molecule has 0 spiro atoms. The highest BCUT2D eigenvalue weighted by Gasteiger charge is 2.49. The molecule has 0 radical (unpaired) electrons. The van der Waals surface area contributed by atoms with E-state index in [9.17, 15) is 14.7 Å². The number of hydrogen-bond acceptors (Lipinski definition) is 2. The summed E-state index contributed by atoms with van der Waals surface area (Å²) in [5.41, 5.74) is -1.01. The molecule has 0 aromatic carbocycles. The van der Waals surface area contributed by atoms with Crippen LogP contribution >= 0.6 is 0 Å². The van der Waals surface area contributed by atoms with Crippen molar-refractivity contribution in [1.82, 2.24) is 9.80 Å². The molecule has 1 saturated carbocycles. The Morgan fingerprint density at radius 1 is 1.10 bits per heavy atom. The number of hydrogen-bond donors (Lipinski definition) is 1. The van der Waals surface area contributed by atoms with Crippen LogP contribution in [0.1, 0.15) is 51.9 Å². The van der Waals surface area contributed by atoms with Gasteiger partial charge >= 0.3 is 12.0 Å². The summed E-state index contributed by atoms with van der Waals surface area (Å²) in [6, 6.07) is 0.318. The molecular weight excluding hydrogens is 256 g/mol. The van der Waals surface area contributed by atoms with E-state index in [1.807, 2.05) is 4.90 Å². The summed E-state index contributed by atoms with van der Waals surface area (Å²) in [6.45, 7) is 3.07. The van der Waals surface area contributed by atoms with E-state index >= 15 is 0 Å². The van der Waals surface area contributed by atoms with Crippen LogP contribution in [0.5, 0.6) is 0 Å². The molecule has 0 aromatic heterocycles. The molecule has 3 atom stereocenters. The molecule has 2 saturated heterocycles. The van der Waals surface area contributed by atoms with E-state index in [2.05, 4.69) is 0 Å². The standard InChI is InChI=1S/C15H24N2O3/c1-15(13(18)19)8-4-10-17(15)14(20)16-9-3-6-11-5-2-7-12(11)16/h11-12H,2-10H2,1H3,(H,18,19). The molecule has 0 bridgehead atoms. The lowest BCUT2D eigenvalue weighted by molar-refractivity contribution is -0.147. The Labute approximate surface area is 119 Å². The Hall–Kier alpha value is -1.26. The third kappa shape index (κ3) is 1.98. The first kappa shape index (κ1) is 13.7. The number of urea groups is 1. The van der Waals surface area contributed by atoms with Gasteiger partial charge < -0.3 is 14.9 Å². The van der Waals surface area contributed by atoms with Crippen molar-refractivity contribution in [3.8, 4) is 0 Å². The first-order chi connectivity index (χ1) is 9.54. The lowest BCUT2D eigenvalue weighted by Crippen LogP contribution is -2.58. The molecule has 0 aromatic rings. The Morgan fingerprint density at radius 3 is 2.60 bits per heavy atom. The van der Waals surface area contributed by atoms with Crippen molar-refractivity contribution in [3.05, 3.63) is 0 Å². The molecular formula is C15H24N2O3. The normalized spacial score (nSPS) is 37.0. The Bertz CT molecular complexity index is 425. The summed E-state index contributed by atoms with van der Waals surface area (Å²) in [7, 11) is 0. The molecule has 5 nitrogen and oxygen atoms in total. The summed E-state index contributed by atoms with van der Waals surface area (Å²) in [5, 5.41) is 9.47. The largest absolute Gasteiger partial charge is 0.480 e. The fourth-order valence-electron chi connectivity index (χ4n) is 4.34. The summed E-state index contributed by atoms with van der Waals surface area (Å²) < 4.78 is 0. The number of rotatable bonds is 1. The summed E-state index contributed by atoms with van der Waals surface area (Å²) in [4.78, 5) is 28.0. The van der Waals surface area contributed by atoms with Gasteiger partial charge in [-0.25, -0.2) is 9.59 Å². The smallest absolute Gasteiger partial charge is 0.329 e. The monoisotopic (exact) mass is 280 g/mol. The molecule has 3 fully saturated rings. The van der Waals surface area contributed by atoms with Crippen LogP contribution in [-0.2, 0) is 4.79 Å². The first-order valence-corrected chi connectivity index (χ1v) is 7.85. The zero-order chi connectivity index (χ0) is 14.3. The van der Waals surface area contributed by atoms with E-state index in [1.165, 1.54) is 19.3 Å². The number of piperidine rings is 1. The molecule has 112 valence electrons. The van der Waals surface area contributed by atoms with Crippen LogP contribution in [0.3, 0.4) is 0 Å². The van der Waals surface area contributed by atoms with E-state index in [4.69, 9.17) is 0 Å². The van der Waals surface area contributed by atoms with Crippen LogP contribution in [0, 0.1) is 5.92 Å². The average molecular weight is 280 g/mol. The van der Waals surface area contributed by atoms with Crippen LogP contribution < -0.4 is 0 Å². The second-order valence-corrected chi connectivity index (χ2v) is 6.71. The van der Waals surface area contributed by atoms with Gasteiger partial charge in [-0.2, -0.15) is 0 Å². The van der Waals surface area contributed by atoms with Crippen molar-refractivity contribution in [1.29, 1.82) is 0 Å². The van der Waals surface area contributed by atoms with Crippen molar-refractivity contribution in [2.45, 2.75) is 63.5 Å². The van der Waals surface area contributed by atoms with Crippen LogP contribution in [0.2, 0.25) is 0 Å². The fraction of sp³-hybridized carbons (Fsp3) is 0.867. The molecule has 3 rings (SSSR count). The van der Waals surface area contributed by atoms with Crippen molar-refractivity contribution >= 4 is 12.0 Å². The molecule has 2 heterocycles. The van der Waals surface area contributed by atoms with Crippen LogP contribution in [0.4, 0.5) is 4.79 Å². The van der Waals surface area contributed by atoms with Gasteiger partial charge in [-0.15, -0.1) is 0 Å². The molecule has 3 unspecified atom stereocenters. The minimum absolute atomic E-state index is 0.0380. The highest BCUT2D eigenvalue weighted by molar-refractivity contribution is 5.86. The van der Waals surface area contributed by atoms with E-state index in [1.54, 1.807) is 11.8 Å². The summed E-state index contributed by atoms with van der Waals surface area (Å²) >= 11 is 0. The number of fused-ring (bicyclic) bond motifs is 1. The zero-order valence-corrected chi connectivity index (χ0v) is 12.2. The van der Waals surface area contributed by atoms with E-state index in [-0.39, 0.29) is 6.03 Å². The summed E-state index contributed by atoms with van der Waals surface area (Å²) in [5.74, 6) is -0.227. The number of carbonyl (C=O) groups is 2. The molecule has 1 aliphatic carbocycles. The van der Waals surface area contributed by atoms with Gasteiger partial charge in [0.05, 0.1) is 0 Å². The second-order valence-electron chi connectivity index (χ2n) is 6.71. The van der Waals surface area contributed by atoms with Gasteiger partial charge in [0.2, 0.25) is 0 Å². The van der Waals surface area contributed by atoms with Gasteiger partial charge in [0.15, 0.2) is 0 Å². The second kappa shape index (κ2) is 4.93. The number of nitrogens with zero attached hydrogens (tertiary/aromatic N) is 2. The number of aliphatic carboxylic acids is 1. The maximum absolute atomic E-state index is 12.9. The molecule has 3 aliphatic rings. The fourth-order valence-corrected chi connectivity index (χ4v) is 4.34. The Kier molecular flexibility index (Phi) is 3.38. The Morgan fingerprint density at radius 2 is 1.85 bits per heavy atom. The predicted molar refractivity (Wildman–Crippen MR) is 74.4 cm³/mol. The average Bonchev–Trinajstić information content (AvgIpc) is 3.04. The first-order valence-electron chi connectivity index (χ1n) is 7.85. The lowest BCUT2D eigenvalue weighted by atomic mass is 9.92.